The van der Waals surface area contributed by atoms with E-state index in [1.807, 2.05) is 25.1 Å². The minimum atomic E-state index is -0.00357. The fraction of sp³-hybridized carbons (Fsp3) is 0.438. The second-order valence-electron chi connectivity index (χ2n) is 5.04. The van der Waals surface area contributed by atoms with E-state index in [4.69, 9.17) is 17.0 Å². The minimum absolute atomic E-state index is 0.00357. The van der Waals surface area contributed by atoms with Gasteiger partial charge in [-0.15, -0.1) is 10.2 Å². The van der Waals surface area contributed by atoms with Crippen LogP contribution in [0.4, 0.5) is 5.69 Å². The lowest BCUT2D eigenvalue weighted by atomic mass is 10.1. The van der Waals surface area contributed by atoms with Crippen molar-refractivity contribution in [2.24, 2.45) is 10.2 Å². The summed E-state index contributed by atoms with van der Waals surface area (Å²) in [6.45, 7) is 6.12. The van der Waals surface area contributed by atoms with Crippen LogP contribution in [0.15, 0.2) is 28.4 Å². The van der Waals surface area contributed by atoms with Gasteiger partial charge in [-0.25, -0.2) is 0 Å². The monoisotopic (exact) mass is 334 g/mol. The summed E-state index contributed by atoms with van der Waals surface area (Å²) in [5.74, 6) is -0.00357. The molecule has 0 unspecified atom stereocenters. The Kier molecular flexibility index (Phi) is 6.49. The quantitative estimate of drug-likeness (QED) is 0.408. The third kappa shape index (κ3) is 4.74. The van der Waals surface area contributed by atoms with Gasteiger partial charge in [-0.05, 0) is 49.7 Å². The number of thiocarbonyl (C=S) groups is 1. The first-order valence-electron chi connectivity index (χ1n) is 7.76. The number of nitrogens with zero attached hydrogens (tertiary/aromatic N) is 2. The highest BCUT2D eigenvalue weighted by atomic mass is 32.1. The Balaban J connectivity index is 2.02. The van der Waals surface area contributed by atoms with Crippen LogP contribution in [0.1, 0.15) is 25.8 Å². The Morgan fingerprint density at radius 3 is 2.96 bits per heavy atom. The normalized spacial score (nSPS) is 11.4. The van der Waals surface area contributed by atoms with Crippen LogP contribution in [0.5, 0.6) is 5.88 Å². The van der Waals surface area contributed by atoms with Crippen molar-refractivity contribution in [3.05, 3.63) is 23.8 Å². The molecule has 0 radical (unpaired) electrons. The van der Waals surface area contributed by atoms with Crippen molar-refractivity contribution in [1.29, 1.82) is 0 Å². The molecule has 0 spiro atoms. The molecule has 1 aromatic carbocycles. The second kappa shape index (κ2) is 8.59. The minimum Gasteiger partial charge on any atom is -0.493 e. The molecule has 0 atom stereocenters. The first kappa shape index (κ1) is 17.4. The summed E-state index contributed by atoms with van der Waals surface area (Å²) in [5.41, 5.74) is 2.41. The van der Waals surface area contributed by atoms with Crippen molar-refractivity contribution in [2.75, 3.05) is 19.8 Å². The standard InChI is InChI=1S/C16H22N4O2S/c1-3-11-6-7-13-12(10-11)14(15(21)18-13)19-20-16(23)17-8-5-9-22-4-2/h6-7,10,18,21H,3-5,8-9H2,1-2H3,(H,17,23). The number of hydrogen-bond donors (Lipinski definition) is 3. The summed E-state index contributed by atoms with van der Waals surface area (Å²) < 4.78 is 5.25. The number of rotatable bonds is 7. The lowest BCUT2D eigenvalue weighted by molar-refractivity contribution is 0.146. The van der Waals surface area contributed by atoms with Crippen molar-refractivity contribution in [3.8, 4) is 5.88 Å². The molecule has 0 amide bonds. The van der Waals surface area contributed by atoms with E-state index in [0.29, 0.717) is 30.6 Å². The van der Waals surface area contributed by atoms with Gasteiger partial charge in [-0.1, -0.05) is 13.0 Å². The maximum absolute atomic E-state index is 9.99. The average molecular weight is 334 g/mol. The molecule has 0 saturated carbocycles. The van der Waals surface area contributed by atoms with Crippen molar-refractivity contribution in [3.63, 3.8) is 0 Å². The highest BCUT2D eigenvalue weighted by Crippen LogP contribution is 2.36. The fourth-order valence-corrected chi connectivity index (χ4v) is 2.32. The van der Waals surface area contributed by atoms with Gasteiger partial charge in [-0.3, -0.25) is 0 Å². The number of aromatic amines is 1. The van der Waals surface area contributed by atoms with Gasteiger partial charge in [0, 0.05) is 25.1 Å². The molecule has 1 aromatic heterocycles. The molecule has 0 aliphatic rings. The van der Waals surface area contributed by atoms with Crippen molar-refractivity contribution in [1.82, 2.24) is 10.3 Å². The molecule has 0 aliphatic heterocycles. The number of azo groups is 1. The van der Waals surface area contributed by atoms with E-state index in [2.05, 4.69) is 27.5 Å². The van der Waals surface area contributed by atoms with Crippen molar-refractivity contribution >= 4 is 33.9 Å². The number of fused-ring (bicyclic) bond motifs is 1. The molecule has 2 rings (SSSR count). The molecule has 0 saturated heterocycles. The van der Waals surface area contributed by atoms with E-state index in [1.165, 1.54) is 5.56 Å². The van der Waals surface area contributed by atoms with E-state index in [9.17, 15) is 5.11 Å². The zero-order chi connectivity index (χ0) is 16.7. The fourth-order valence-electron chi connectivity index (χ4n) is 2.18. The zero-order valence-electron chi connectivity index (χ0n) is 13.4. The largest absolute Gasteiger partial charge is 0.493 e. The summed E-state index contributed by atoms with van der Waals surface area (Å²) in [5, 5.41) is 22.2. The van der Waals surface area contributed by atoms with E-state index in [0.717, 1.165) is 23.7 Å². The van der Waals surface area contributed by atoms with E-state index in [-0.39, 0.29) is 5.88 Å². The van der Waals surface area contributed by atoms with Crippen LogP contribution in [-0.2, 0) is 11.2 Å². The number of aromatic hydroxyl groups is 1. The summed E-state index contributed by atoms with van der Waals surface area (Å²) in [7, 11) is 0. The molecule has 23 heavy (non-hydrogen) atoms. The van der Waals surface area contributed by atoms with Gasteiger partial charge < -0.3 is 20.1 Å². The van der Waals surface area contributed by atoms with Gasteiger partial charge in [0.15, 0.2) is 5.69 Å². The molecular formula is C16H22N4O2S. The van der Waals surface area contributed by atoms with Crippen LogP contribution in [0.25, 0.3) is 10.9 Å². The second-order valence-corrected chi connectivity index (χ2v) is 5.42. The molecule has 3 N–H and O–H groups in total. The molecule has 6 nitrogen and oxygen atoms in total. The maximum Gasteiger partial charge on any atom is 0.218 e. The highest BCUT2D eigenvalue weighted by molar-refractivity contribution is 7.80. The van der Waals surface area contributed by atoms with Crippen molar-refractivity contribution < 1.29 is 9.84 Å². The van der Waals surface area contributed by atoms with Gasteiger partial charge >= 0.3 is 0 Å². The van der Waals surface area contributed by atoms with Gasteiger partial charge in [0.2, 0.25) is 11.0 Å². The number of nitrogens with one attached hydrogen (secondary N) is 2. The molecule has 0 fully saturated rings. The average Bonchev–Trinajstić information content (AvgIpc) is 2.87. The van der Waals surface area contributed by atoms with Gasteiger partial charge in [0.25, 0.3) is 0 Å². The SMILES string of the molecule is CCOCCCNC(=S)N=Nc1c(O)[nH]c2ccc(CC)cc12. The van der Waals surface area contributed by atoms with E-state index < -0.39 is 0 Å². The predicted molar refractivity (Wildman–Crippen MR) is 95.6 cm³/mol. The Bertz CT molecular complexity index is 697. The number of aryl methyl sites for hydroxylation is 1. The number of hydrogen-bond acceptors (Lipinski definition) is 4. The Hall–Kier alpha value is -1.99. The first-order chi connectivity index (χ1) is 11.2. The van der Waals surface area contributed by atoms with E-state index >= 15 is 0 Å². The Labute approximate surface area is 141 Å². The molecule has 2 aromatic rings. The van der Waals surface area contributed by atoms with Gasteiger partial charge in [-0.2, -0.15) is 0 Å². The number of benzene rings is 1. The number of H-pyrrole nitrogens is 1. The van der Waals surface area contributed by atoms with Crippen LogP contribution >= 0.6 is 12.2 Å². The van der Waals surface area contributed by atoms with Crippen LogP contribution in [0.2, 0.25) is 0 Å². The Morgan fingerprint density at radius 2 is 2.22 bits per heavy atom. The van der Waals surface area contributed by atoms with E-state index in [1.54, 1.807) is 0 Å². The molecule has 124 valence electrons. The smallest absolute Gasteiger partial charge is 0.218 e. The maximum atomic E-state index is 9.99. The first-order valence-corrected chi connectivity index (χ1v) is 8.17. The lowest BCUT2D eigenvalue weighted by Gasteiger charge is -2.03. The van der Waals surface area contributed by atoms with Crippen LogP contribution in [-0.4, -0.2) is 35.0 Å². The Morgan fingerprint density at radius 1 is 1.39 bits per heavy atom. The van der Waals surface area contributed by atoms with Crippen LogP contribution in [0.3, 0.4) is 0 Å². The number of aromatic nitrogens is 1. The van der Waals surface area contributed by atoms with Crippen LogP contribution in [0, 0.1) is 0 Å². The molecular weight excluding hydrogens is 312 g/mol. The lowest BCUT2D eigenvalue weighted by Crippen LogP contribution is -2.21. The number of ether oxygens (including phenoxy) is 1. The van der Waals surface area contributed by atoms with Gasteiger partial charge in [0.05, 0.1) is 5.52 Å². The summed E-state index contributed by atoms with van der Waals surface area (Å²) in [6, 6.07) is 5.94. The third-order valence-corrected chi connectivity index (χ3v) is 3.64. The van der Waals surface area contributed by atoms with Crippen LogP contribution < -0.4 is 5.32 Å². The van der Waals surface area contributed by atoms with Crippen molar-refractivity contribution in [2.45, 2.75) is 26.7 Å². The molecule has 0 bridgehead atoms. The zero-order valence-corrected chi connectivity index (χ0v) is 14.2. The summed E-state index contributed by atoms with van der Waals surface area (Å²) in [4.78, 5) is 2.89. The summed E-state index contributed by atoms with van der Waals surface area (Å²) in [6.07, 6.45) is 1.76. The summed E-state index contributed by atoms with van der Waals surface area (Å²) >= 11 is 5.12. The topological polar surface area (TPSA) is 82.0 Å². The highest BCUT2D eigenvalue weighted by Gasteiger charge is 2.11. The predicted octanol–water partition coefficient (Wildman–Crippen LogP) is 3.82. The molecule has 1 heterocycles. The molecule has 7 heteroatoms. The molecule has 0 aliphatic carbocycles. The van der Waals surface area contributed by atoms with Gasteiger partial charge in [0.1, 0.15) is 0 Å². The third-order valence-electron chi connectivity index (χ3n) is 3.41.